The summed E-state index contributed by atoms with van der Waals surface area (Å²) in [5.74, 6) is 0. The number of allylic oxidation sites excluding steroid dienone is 3. The Balaban J connectivity index is 0. The molecule has 0 radical (unpaired) electrons. The van der Waals surface area contributed by atoms with Crippen molar-refractivity contribution in [2.24, 2.45) is 0 Å². The van der Waals surface area contributed by atoms with E-state index in [-0.39, 0.29) is 0 Å². The lowest BCUT2D eigenvalue weighted by Crippen LogP contribution is -2.00. The van der Waals surface area contributed by atoms with Crippen LogP contribution in [-0.4, -0.2) is 9.78 Å². The molecule has 98 valence electrons. The smallest absolute Gasteiger partial charge is 0.0622 e. The van der Waals surface area contributed by atoms with Gasteiger partial charge in [0.2, 0.25) is 0 Å². The monoisotopic (exact) mass is 236 g/mol. The van der Waals surface area contributed by atoms with Gasteiger partial charge in [-0.25, -0.2) is 0 Å². The quantitative estimate of drug-likeness (QED) is 0.689. The summed E-state index contributed by atoms with van der Waals surface area (Å²) in [5, 5.41) is 4.23. The molecule has 0 atom stereocenters. The van der Waals surface area contributed by atoms with E-state index in [1.54, 1.807) is 0 Å². The van der Waals surface area contributed by atoms with Crippen LogP contribution in [0.5, 0.6) is 0 Å². The molecule has 0 aliphatic rings. The summed E-state index contributed by atoms with van der Waals surface area (Å²) in [6.45, 7) is 16.8. The van der Waals surface area contributed by atoms with Crippen LogP contribution in [0.1, 0.15) is 46.6 Å². The third-order valence-electron chi connectivity index (χ3n) is 1.94. The largest absolute Gasteiger partial charge is 0.268 e. The molecule has 0 aliphatic carbocycles. The van der Waals surface area contributed by atoms with E-state index >= 15 is 0 Å². The second-order valence-corrected chi connectivity index (χ2v) is 3.13. The van der Waals surface area contributed by atoms with Gasteiger partial charge in [0.1, 0.15) is 0 Å². The van der Waals surface area contributed by atoms with Gasteiger partial charge in [0.15, 0.2) is 0 Å². The minimum absolute atomic E-state index is 0.871. The van der Waals surface area contributed by atoms with Crippen LogP contribution in [0.4, 0.5) is 0 Å². The van der Waals surface area contributed by atoms with Gasteiger partial charge in [-0.05, 0) is 24.5 Å². The van der Waals surface area contributed by atoms with Crippen molar-refractivity contribution in [1.82, 2.24) is 9.78 Å². The fourth-order valence-corrected chi connectivity index (χ4v) is 1.21. The molecule has 0 amide bonds. The van der Waals surface area contributed by atoms with Gasteiger partial charge in [-0.1, -0.05) is 53.3 Å². The van der Waals surface area contributed by atoms with Crippen molar-refractivity contribution in [2.75, 3.05) is 0 Å². The first-order valence-corrected chi connectivity index (χ1v) is 6.55. The SMILES string of the molecule is C=C/C=C(\CC)Cn1cc(C)cn1.CC.CC. The van der Waals surface area contributed by atoms with Crippen LogP contribution in [0.3, 0.4) is 0 Å². The molecule has 0 saturated heterocycles. The highest BCUT2D eigenvalue weighted by Gasteiger charge is 1.96. The first-order chi connectivity index (χ1) is 8.26. The molecule has 0 aromatic carbocycles. The van der Waals surface area contributed by atoms with Gasteiger partial charge in [-0.2, -0.15) is 5.10 Å². The molecule has 0 saturated carbocycles. The maximum absolute atomic E-state index is 4.23. The van der Waals surface area contributed by atoms with Crippen LogP contribution < -0.4 is 0 Å². The van der Waals surface area contributed by atoms with E-state index in [0.29, 0.717) is 0 Å². The van der Waals surface area contributed by atoms with E-state index in [1.165, 1.54) is 11.1 Å². The molecule has 0 aliphatic heterocycles. The maximum atomic E-state index is 4.23. The highest BCUT2D eigenvalue weighted by molar-refractivity contribution is 5.10. The van der Waals surface area contributed by atoms with Crippen LogP contribution in [0, 0.1) is 6.92 Å². The van der Waals surface area contributed by atoms with Crippen molar-refractivity contribution in [3.8, 4) is 0 Å². The Kier molecular flexibility index (Phi) is 13.6. The van der Waals surface area contributed by atoms with Crippen LogP contribution >= 0.6 is 0 Å². The molecule has 1 heterocycles. The fourth-order valence-electron chi connectivity index (χ4n) is 1.21. The van der Waals surface area contributed by atoms with Crippen molar-refractivity contribution < 1.29 is 0 Å². The molecule has 2 nitrogen and oxygen atoms in total. The summed E-state index contributed by atoms with van der Waals surface area (Å²) in [5.41, 5.74) is 2.55. The van der Waals surface area contributed by atoms with Crippen molar-refractivity contribution in [1.29, 1.82) is 0 Å². The molecule has 0 N–H and O–H groups in total. The molecule has 17 heavy (non-hydrogen) atoms. The van der Waals surface area contributed by atoms with E-state index in [4.69, 9.17) is 0 Å². The molecule has 2 heteroatoms. The second-order valence-electron chi connectivity index (χ2n) is 3.13. The van der Waals surface area contributed by atoms with Crippen molar-refractivity contribution in [2.45, 2.75) is 54.5 Å². The topological polar surface area (TPSA) is 17.8 Å². The predicted molar refractivity (Wildman–Crippen MR) is 78.2 cm³/mol. The Bertz CT molecular complexity index is 308. The zero-order chi connectivity index (χ0) is 13.7. The first kappa shape index (κ1) is 18.1. The maximum Gasteiger partial charge on any atom is 0.0622 e. The molecular formula is C15H28N2. The Morgan fingerprint density at radius 1 is 1.35 bits per heavy atom. The van der Waals surface area contributed by atoms with Gasteiger partial charge in [0.05, 0.1) is 12.7 Å². The van der Waals surface area contributed by atoms with Gasteiger partial charge in [-0.15, -0.1) is 0 Å². The zero-order valence-electron chi connectivity index (χ0n) is 12.3. The molecule has 0 fully saturated rings. The van der Waals surface area contributed by atoms with E-state index in [0.717, 1.165) is 13.0 Å². The number of aryl methyl sites for hydroxylation is 1. The summed E-state index contributed by atoms with van der Waals surface area (Å²) in [7, 11) is 0. The average molecular weight is 236 g/mol. The summed E-state index contributed by atoms with van der Waals surface area (Å²) in [4.78, 5) is 0. The standard InChI is InChI=1S/C11H16N2.2C2H6/c1-4-6-11(5-2)9-13-8-10(3)7-12-13;2*1-2/h4,6-8H,1,5,9H2,2-3H3;2*1-2H3/b11-6+;;. The molecule has 1 rings (SSSR count). The lowest BCUT2D eigenvalue weighted by molar-refractivity contribution is 0.662. The minimum atomic E-state index is 0.871. The van der Waals surface area contributed by atoms with Crippen LogP contribution in [0.15, 0.2) is 36.7 Å². The highest BCUT2D eigenvalue weighted by Crippen LogP contribution is 2.05. The Labute approximate surface area is 107 Å². The molecule has 0 bridgehead atoms. The molecule has 0 unspecified atom stereocenters. The summed E-state index contributed by atoms with van der Waals surface area (Å²) < 4.78 is 1.95. The van der Waals surface area contributed by atoms with Crippen LogP contribution in [0.25, 0.3) is 0 Å². The fraction of sp³-hybridized carbons (Fsp3) is 0.533. The number of hydrogen-bond donors (Lipinski definition) is 0. The number of hydrogen-bond acceptors (Lipinski definition) is 1. The van der Waals surface area contributed by atoms with Gasteiger partial charge < -0.3 is 0 Å². The lowest BCUT2D eigenvalue weighted by atomic mass is 10.2. The van der Waals surface area contributed by atoms with Crippen LogP contribution in [0.2, 0.25) is 0 Å². The Morgan fingerprint density at radius 3 is 2.29 bits per heavy atom. The van der Waals surface area contributed by atoms with Crippen molar-refractivity contribution >= 4 is 0 Å². The van der Waals surface area contributed by atoms with Gasteiger partial charge in [0, 0.05) is 6.20 Å². The predicted octanol–water partition coefficient (Wildman–Crippen LogP) is 4.77. The first-order valence-electron chi connectivity index (χ1n) is 6.55. The molecule has 1 aromatic heterocycles. The summed E-state index contributed by atoms with van der Waals surface area (Å²) in [6.07, 6.45) is 8.85. The molecule has 1 aromatic rings. The van der Waals surface area contributed by atoms with E-state index in [2.05, 4.69) is 24.7 Å². The van der Waals surface area contributed by atoms with E-state index in [1.807, 2.05) is 57.8 Å². The number of rotatable bonds is 4. The van der Waals surface area contributed by atoms with Crippen molar-refractivity contribution in [3.05, 3.63) is 42.3 Å². The third-order valence-corrected chi connectivity index (χ3v) is 1.94. The van der Waals surface area contributed by atoms with Gasteiger partial charge in [-0.3, -0.25) is 4.68 Å². The minimum Gasteiger partial charge on any atom is -0.268 e. The summed E-state index contributed by atoms with van der Waals surface area (Å²) in [6, 6.07) is 0. The normalized spacial score (nSPS) is 9.65. The Hall–Kier alpha value is -1.31. The molecule has 0 spiro atoms. The number of aromatic nitrogens is 2. The van der Waals surface area contributed by atoms with Crippen LogP contribution in [-0.2, 0) is 6.54 Å². The number of nitrogens with zero attached hydrogens (tertiary/aromatic N) is 2. The second kappa shape index (κ2) is 12.8. The van der Waals surface area contributed by atoms with E-state index in [9.17, 15) is 0 Å². The Morgan fingerprint density at radius 2 is 1.94 bits per heavy atom. The van der Waals surface area contributed by atoms with E-state index < -0.39 is 0 Å². The zero-order valence-corrected chi connectivity index (χ0v) is 12.3. The summed E-state index contributed by atoms with van der Waals surface area (Å²) >= 11 is 0. The third kappa shape index (κ3) is 8.49. The average Bonchev–Trinajstić information content (AvgIpc) is 2.79. The van der Waals surface area contributed by atoms with Gasteiger partial charge in [0.25, 0.3) is 0 Å². The van der Waals surface area contributed by atoms with Gasteiger partial charge >= 0.3 is 0 Å². The van der Waals surface area contributed by atoms with Crippen molar-refractivity contribution in [3.63, 3.8) is 0 Å². The lowest BCUT2D eigenvalue weighted by Gasteiger charge is -2.03. The highest BCUT2D eigenvalue weighted by atomic mass is 15.3. The molecular weight excluding hydrogens is 208 g/mol.